The Morgan fingerprint density at radius 3 is 2.57 bits per heavy atom. The first-order chi connectivity index (χ1) is 20.2. The molecule has 2 amide bonds. The molecule has 2 saturated heterocycles. The SMILES string of the molecule is CC1CN(C2CCC(C(=O)Nc3ccc(C(=O)O)cc3)N(C(=O)/C=C/c3cc(Cl)ccc3-n3cnnn3)C2)CCC1N. The molecule has 12 nitrogen and oxygen atoms in total. The number of likely N-dealkylation sites (tertiary alicyclic amines) is 2. The summed E-state index contributed by atoms with van der Waals surface area (Å²) in [5, 5.41) is 23.8. The molecule has 0 bridgehead atoms. The molecule has 0 aliphatic carbocycles. The number of benzene rings is 2. The van der Waals surface area contributed by atoms with E-state index in [9.17, 15) is 19.5 Å². The molecule has 0 spiro atoms. The third-order valence-electron chi connectivity index (χ3n) is 8.05. The van der Waals surface area contributed by atoms with Gasteiger partial charge in [-0.15, -0.1) is 5.10 Å². The fourth-order valence-corrected chi connectivity index (χ4v) is 5.79. The zero-order valence-electron chi connectivity index (χ0n) is 23.1. The molecule has 2 fully saturated rings. The first kappa shape index (κ1) is 29.4. The molecule has 220 valence electrons. The van der Waals surface area contributed by atoms with Crippen molar-refractivity contribution in [3.63, 3.8) is 0 Å². The lowest BCUT2D eigenvalue weighted by atomic mass is 9.90. The van der Waals surface area contributed by atoms with Gasteiger partial charge in [-0.25, -0.2) is 4.79 Å². The van der Waals surface area contributed by atoms with E-state index in [0.717, 1.165) is 25.9 Å². The summed E-state index contributed by atoms with van der Waals surface area (Å²) in [5.74, 6) is -1.36. The molecule has 2 aliphatic rings. The maximum atomic E-state index is 13.8. The molecule has 2 aliphatic heterocycles. The third-order valence-corrected chi connectivity index (χ3v) is 8.29. The second-order valence-electron chi connectivity index (χ2n) is 10.8. The van der Waals surface area contributed by atoms with Crippen LogP contribution in [0.25, 0.3) is 11.8 Å². The summed E-state index contributed by atoms with van der Waals surface area (Å²) in [6.07, 6.45) is 6.66. The van der Waals surface area contributed by atoms with Crippen LogP contribution in [0.3, 0.4) is 0 Å². The number of carboxylic acids is 1. The number of nitrogens with zero attached hydrogens (tertiary/aromatic N) is 6. The number of hydrogen-bond acceptors (Lipinski definition) is 8. The zero-order chi connectivity index (χ0) is 29.8. The Morgan fingerprint density at radius 1 is 1.10 bits per heavy atom. The van der Waals surface area contributed by atoms with Gasteiger partial charge in [0, 0.05) is 47.5 Å². The fraction of sp³-hybridized carbons (Fsp3) is 0.379. The van der Waals surface area contributed by atoms with Gasteiger partial charge in [-0.3, -0.25) is 14.5 Å². The Labute approximate surface area is 248 Å². The van der Waals surface area contributed by atoms with Crippen LogP contribution >= 0.6 is 11.6 Å². The van der Waals surface area contributed by atoms with E-state index in [1.807, 2.05) is 0 Å². The molecule has 42 heavy (non-hydrogen) atoms. The summed E-state index contributed by atoms with van der Waals surface area (Å²) in [6.45, 7) is 4.22. The summed E-state index contributed by atoms with van der Waals surface area (Å²) in [6, 6.07) is 10.7. The van der Waals surface area contributed by atoms with Gasteiger partial charge in [0.05, 0.1) is 11.3 Å². The van der Waals surface area contributed by atoms with Crippen LogP contribution in [-0.2, 0) is 9.59 Å². The number of nitrogens with two attached hydrogens (primary N) is 1. The van der Waals surface area contributed by atoms with Gasteiger partial charge < -0.3 is 21.1 Å². The van der Waals surface area contributed by atoms with Crippen molar-refractivity contribution in [3.8, 4) is 5.69 Å². The molecule has 13 heteroatoms. The Balaban J connectivity index is 1.38. The smallest absolute Gasteiger partial charge is 0.335 e. The van der Waals surface area contributed by atoms with Crippen molar-refractivity contribution < 1.29 is 19.5 Å². The van der Waals surface area contributed by atoms with Crippen LogP contribution in [-0.4, -0.2) is 90.7 Å². The van der Waals surface area contributed by atoms with Gasteiger partial charge in [0.15, 0.2) is 0 Å². The summed E-state index contributed by atoms with van der Waals surface area (Å²) < 4.78 is 1.48. The number of aromatic nitrogens is 4. The van der Waals surface area contributed by atoms with Gasteiger partial charge in [0.1, 0.15) is 12.4 Å². The Morgan fingerprint density at radius 2 is 1.88 bits per heavy atom. The van der Waals surface area contributed by atoms with Gasteiger partial charge in [0.2, 0.25) is 11.8 Å². The summed E-state index contributed by atoms with van der Waals surface area (Å²) in [5.41, 5.74) is 8.10. The van der Waals surface area contributed by atoms with Crippen LogP contribution < -0.4 is 11.1 Å². The average Bonchev–Trinajstić information content (AvgIpc) is 3.52. The number of nitrogens with one attached hydrogen (secondary N) is 1. The quantitative estimate of drug-likeness (QED) is 0.350. The minimum Gasteiger partial charge on any atom is -0.478 e. The number of anilines is 1. The van der Waals surface area contributed by atoms with Crippen molar-refractivity contribution in [2.45, 2.75) is 44.3 Å². The van der Waals surface area contributed by atoms with Crippen LogP contribution in [0, 0.1) is 5.92 Å². The van der Waals surface area contributed by atoms with Gasteiger partial charge in [0.25, 0.3) is 0 Å². The molecule has 4 N–H and O–H groups in total. The lowest BCUT2D eigenvalue weighted by Gasteiger charge is -2.46. The Hall–Kier alpha value is -4.13. The molecule has 4 atom stereocenters. The predicted octanol–water partition coefficient (Wildman–Crippen LogP) is 2.69. The van der Waals surface area contributed by atoms with Crippen LogP contribution in [0.5, 0.6) is 0 Å². The number of amides is 2. The average molecular weight is 593 g/mol. The number of carboxylic acid groups (broad SMARTS) is 1. The van der Waals surface area contributed by atoms with E-state index >= 15 is 0 Å². The summed E-state index contributed by atoms with van der Waals surface area (Å²) >= 11 is 6.25. The molecular weight excluding hydrogens is 560 g/mol. The molecule has 1 aromatic heterocycles. The molecule has 2 aromatic carbocycles. The van der Waals surface area contributed by atoms with E-state index in [4.69, 9.17) is 17.3 Å². The van der Waals surface area contributed by atoms with E-state index in [2.05, 4.69) is 32.7 Å². The van der Waals surface area contributed by atoms with E-state index < -0.39 is 12.0 Å². The molecule has 5 rings (SSSR count). The first-order valence-electron chi connectivity index (χ1n) is 13.8. The van der Waals surface area contributed by atoms with E-state index in [1.165, 1.54) is 41.4 Å². The highest BCUT2D eigenvalue weighted by molar-refractivity contribution is 6.30. The van der Waals surface area contributed by atoms with E-state index in [1.54, 1.807) is 29.2 Å². The topological polar surface area (TPSA) is 160 Å². The Kier molecular flexibility index (Phi) is 8.95. The summed E-state index contributed by atoms with van der Waals surface area (Å²) in [7, 11) is 0. The Bertz CT molecular complexity index is 1460. The summed E-state index contributed by atoms with van der Waals surface area (Å²) in [4.78, 5) is 42.4. The van der Waals surface area contributed by atoms with Crippen molar-refractivity contribution in [1.29, 1.82) is 0 Å². The number of tetrazole rings is 1. The second-order valence-corrected chi connectivity index (χ2v) is 11.3. The number of carbonyl (C=O) groups excluding carboxylic acids is 2. The molecule has 3 heterocycles. The van der Waals surface area contributed by atoms with Crippen LogP contribution in [0.4, 0.5) is 5.69 Å². The van der Waals surface area contributed by atoms with Crippen LogP contribution in [0.2, 0.25) is 5.02 Å². The number of hydrogen-bond donors (Lipinski definition) is 3. The maximum Gasteiger partial charge on any atom is 0.335 e. The lowest BCUT2D eigenvalue weighted by molar-refractivity contribution is -0.138. The van der Waals surface area contributed by atoms with E-state index in [-0.39, 0.29) is 29.5 Å². The first-order valence-corrected chi connectivity index (χ1v) is 14.2. The standard InChI is InChI=1S/C29H33ClN8O4/c1-18-15-36(13-12-24(18)31)23-8-10-26(28(40)33-22-6-2-19(3-7-22)29(41)42)37(16-23)27(39)11-4-20-14-21(30)5-9-25(20)38-17-32-34-35-38/h2-7,9,11,14,17-18,23-24,26H,8,10,12-13,15-16,31H2,1H3,(H,33,40)(H,41,42)/b11-4+. The van der Waals surface area contributed by atoms with Gasteiger partial charge >= 0.3 is 5.97 Å². The number of carbonyl (C=O) groups is 3. The lowest BCUT2D eigenvalue weighted by Crippen LogP contribution is -2.59. The van der Waals surface area contributed by atoms with Crippen molar-refractivity contribution in [3.05, 3.63) is 71.0 Å². The zero-order valence-corrected chi connectivity index (χ0v) is 23.9. The molecular formula is C29H33ClN8O4. The number of aromatic carboxylic acids is 1. The number of rotatable bonds is 7. The maximum absolute atomic E-state index is 13.8. The minimum atomic E-state index is -1.05. The van der Waals surface area contributed by atoms with Crippen molar-refractivity contribution in [2.24, 2.45) is 11.7 Å². The highest BCUT2D eigenvalue weighted by Crippen LogP contribution is 2.27. The number of piperidine rings is 2. The molecule has 4 unspecified atom stereocenters. The second kappa shape index (κ2) is 12.8. The van der Waals surface area contributed by atoms with Crippen molar-refractivity contribution >= 4 is 41.1 Å². The van der Waals surface area contributed by atoms with Gasteiger partial charge in [-0.1, -0.05) is 18.5 Å². The number of halogens is 1. The minimum absolute atomic E-state index is 0.0964. The van der Waals surface area contributed by atoms with Crippen molar-refractivity contribution in [1.82, 2.24) is 30.0 Å². The fourth-order valence-electron chi connectivity index (χ4n) is 5.61. The molecule has 0 radical (unpaired) electrons. The van der Waals surface area contributed by atoms with Crippen LogP contribution in [0.1, 0.15) is 42.1 Å². The largest absolute Gasteiger partial charge is 0.478 e. The van der Waals surface area contributed by atoms with E-state index in [0.29, 0.717) is 40.8 Å². The molecule has 3 aromatic rings. The normalized spacial score (nSPS) is 23.2. The van der Waals surface area contributed by atoms with Crippen molar-refractivity contribution in [2.75, 3.05) is 25.0 Å². The van der Waals surface area contributed by atoms with Crippen LogP contribution in [0.15, 0.2) is 54.9 Å². The van der Waals surface area contributed by atoms with Gasteiger partial charge in [-0.05, 0) is 90.7 Å². The predicted molar refractivity (Wildman–Crippen MR) is 157 cm³/mol. The molecule has 0 saturated carbocycles. The highest BCUT2D eigenvalue weighted by Gasteiger charge is 2.39. The third kappa shape index (κ3) is 6.67. The monoisotopic (exact) mass is 592 g/mol. The van der Waals surface area contributed by atoms with Gasteiger partial charge in [-0.2, -0.15) is 4.68 Å². The highest BCUT2D eigenvalue weighted by atomic mass is 35.5.